The molecule has 1 aromatic rings. The van der Waals surface area contributed by atoms with E-state index in [1.54, 1.807) is 6.07 Å². The highest BCUT2D eigenvalue weighted by atomic mass is 79.9. The van der Waals surface area contributed by atoms with Crippen LogP contribution in [0.15, 0.2) is 24.3 Å². The first-order chi connectivity index (χ1) is 7.54. The molecule has 1 aromatic carbocycles. The van der Waals surface area contributed by atoms with Crippen LogP contribution in [-0.4, -0.2) is 22.2 Å². The Labute approximate surface area is 101 Å². The van der Waals surface area contributed by atoms with Crippen molar-refractivity contribution in [2.45, 2.75) is 13.0 Å². The fourth-order valence-electron chi connectivity index (χ4n) is 1.11. The van der Waals surface area contributed by atoms with Crippen LogP contribution in [0.1, 0.15) is 17.3 Å². The monoisotopic (exact) mass is 286 g/mol. The Balaban J connectivity index is 2.83. The molecule has 0 fully saturated rings. The van der Waals surface area contributed by atoms with Gasteiger partial charge in [0, 0.05) is 29.1 Å². The third kappa shape index (κ3) is 3.30. The average Bonchev–Trinajstić information content (AvgIpc) is 2.28. The van der Waals surface area contributed by atoms with E-state index in [-0.39, 0.29) is 17.6 Å². The van der Waals surface area contributed by atoms with E-state index in [1.165, 1.54) is 18.2 Å². The minimum atomic E-state index is -0.523. The number of alkyl halides is 1. The predicted octanol–water partition coefficient (Wildman–Crippen LogP) is 2.11. The number of rotatable bonds is 4. The first-order valence-corrected chi connectivity index (χ1v) is 5.78. The molecular weight excluding hydrogens is 276 g/mol. The highest BCUT2D eigenvalue weighted by Crippen LogP contribution is 2.13. The molecule has 0 spiro atoms. The lowest BCUT2D eigenvalue weighted by Crippen LogP contribution is -2.33. The molecule has 6 heteroatoms. The van der Waals surface area contributed by atoms with Crippen molar-refractivity contribution in [3.8, 4) is 0 Å². The molecule has 1 amide bonds. The quantitative estimate of drug-likeness (QED) is 0.523. The number of non-ortho nitro benzene ring substituents is 1. The first kappa shape index (κ1) is 12.6. The van der Waals surface area contributed by atoms with Crippen LogP contribution < -0.4 is 5.32 Å². The van der Waals surface area contributed by atoms with Crippen molar-refractivity contribution in [3.63, 3.8) is 0 Å². The molecule has 1 rings (SSSR count). The van der Waals surface area contributed by atoms with E-state index in [9.17, 15) is 14.9 Å². The van der Waals surface area contributed by atoms with Crippen LogP contribution in [0, 0.1) is 10.1 Å². The van der Waals surface area contributed by atoms with Crippen LogP contribution in [0.3, 0.4) is 0 Å². The summed E-state index contributed by atoms with van der Waals surface area (Å²) in [5.74, 6) is -0.310. The van der Waals surface area contributed by atoms with Gasteiger partial charge in [-0.2, -0.15) is 0 Å². The van der Waals surface area contributed by atoms with Gasteiger partial charge in [-0.25, -0.2) is 0 Å². The van der Waals surface area contributed by atoms with Gasteiger partial charge in [0.15, 0.2) is 0 Å². The summed E-state index contributed by atoms with van der Waals surface area (Å²) in [5.41, 5.74) is 0.209. The number of hydrogen-bond donors (Lipinski definition) is 1. The maximum absolute atomic E-state index is 11.6. The molecule has 1 N–H and O–H groups in total. The van der Waals surface area contributed by atoms with Gasteiger partial charge < -0.3 is 5.32 Å². The summed E-state index contributed by atoms with van der Waals surface area (Å²) in [7, 11) is 0. The zero-order chi connectivity index (χ0) is 12.1. The summed E-state index contributed by atoms with van der Waals surface area (Å²) >= 11 is 3.23. The van der Waals surface area contributed by atoms with Crippen molar-refractivity contribution in [1.82, 2.24) is 5.32 Å². The number of hydrogen-bond acceptors (Lipinski definition) is 3. The Morgan fingerprint density at radius 3 is 2.88 bits per heavy atom. The van der Waals surface area contributed by atoms with Gasteiger partial charge in [-0.1, -0.05) is 22.0 Å². The van der Waals surface area contributed by atoms with Crippen molar-refractivity contribution in [3.05, 3.63) is 39.9 Å². The Bertz CT molecular complexity index is 409. The maximum atomic E-state index is 11.6. The number of amides is 1. The van der Waals surface area contributed by atoms with Crippen LogP contribution in [0.2, 0.25) is 0 Å². The molecular formula is C10H11BrN2O3. The molecule has 0 heterocycles. The van der Waals surface area contributed by atoms with Crippen molar-refractivity contribution < 1.29 is 9.72 Å². The molecule has 5 nitrogen and oxygen atoms in total. The molecule has 1 atom stereocenters. The number of halogens is 1. The van der Waals surface area contributed by atoms with E-state index >= 15 is 0 Å². The van der Waals surface area contributed by atoms with Gasteiger partial charge in [-0.3, -0.25) is 14.9 Å². The molecule has 86 valence electrons. The highest BCUT2D eigenvalue weighted by Gasteiger charge is 2.12. The van der Waals surface area contributed by atoms with E-state index in [2.05, 4.69) is 21.2 Å². The van der Waals surface area contributed by atoms with E-state index in [4.69, 9.17) is 0 Å². The fourth-order valence-corrected chi connectivity index (χ4v) is 1.27. The van der Waals surface area contributed by atoms with Crippen LogP contribution in [-0.2, 0) is 0 Å². The Kier molecular flexibility index (Phi) is 4.42. The van der Waals surface area contributed by atoms with Crippen molar-refractivity contribution in [2.24, 2.45) is 0 Å². The Morgan fingerprint density at radius 2 is 2.31 bits per heavy atom. The van der Waals surface area contributed by atoms with Crippen LogP contribution in [0.5, 0.6) is 0 Å². The molecule has 0 aliphatic heterocycles. The lowest BCUT2D eigenvalue weighted by atomic mass is 10.2. The third-order valence-electron chi connectivity index (χ3n) is 1.93. The molecule has 0 radical (unpaired) electrons. The summed E-state index contributed by atoms with van der Waals surface area (Å²) in [4.78, 5) is 21.6. The standard InChI is InChI=1S/C10H11BrN2O3/c1-7(6-11)12-10(14)8-3-2-4-9(5-8)13(15)16/h2-5,7H,6H2,1H3,(H,12,14). The van der Waals surface area contributed by atoms with Gasteiger partial charge in [-0.05, 0) is 13.0 Å². The van der Waals surface area contributed by atoms with Crippen molar-refractivity contribution in [2.75, 3.05) is 5.33 Å². The topological polar surface area (TPSA) is 72.2 Å². The van der Waals surface area contributed by atoms with Crippen molar-refractivity contribution >= 4 is 27.5 Å². The first-order valence-electron chi connectivity index (χ1n) is 4.66. The maximum Gasteiger partial charge on any atom is 0.270 e. The van der Waals surface area contributed by atoms with Gasteiger partial charge in [0.2, 0.25) is 0 Å². The number of benzene rings is 1. The predicted molar refractivity (Wildman–Crippen MR) is 63.8 cm³/mol. The SMILES string of the molecule is CC(CBr)NC(=O)c1cccc([N+](=O)[O-])c1. The molecule has 0 aromatic heterocycles. The highest BCUT2D eigenvalue weighted by molar-refractivity contribution is 9.09. The number of nitrogens with one attached hydrogen (secondary N) is 1. The van der Waals surface area contributed by atoms with E-state index in [1.807, 2.05) is 6.92 Å². The van der Waals surface area contributed by atoms with Crippen LogP contribution in [0.4, 0.5) is 5.69 Å². The van der Waals surface area contributed by atoms with Gasteiger partial charge in [-0.15, -0.1) is 0 Å². The molecule has 1 unspecified atom stereocenters. The van der Waals surface area contributed by atoms with Gasteiger partial charge in [0.25, 0.3) is 11.6 Å². The Morgan fingerprint density at radius 1 is 1.62 bits per heavy atom. The minimum Gasteiger partial charge on any atom is -0.349 e. The fraction of sp³-hybridized carbons (Fsp3) is 0.300. The Hall–Kier alpha value is -1.43. The molecule has 16 heavy (non-hydrogen) atoms. The lowest BCUT2D eigenvalue weighted by Gasteiger charge is -2.10. The number of nitrogens with zero attached hydrogens (tertiary/aromatic N) is 1. The number of nitro benzene ring substituents is 1. The van der Waals surface area contributed by atoms with Gasteiger partial charge in [0.1, 0.15) is 0 Å². The minimum absolute atomic E-state index is 0.0215. The number of carbonyl (C=O) groups is 1. The van der Waals surface area contributed by atoms with E-state index in [0.29, 0.717) is 10.9 Å². The summed E-state index contributed by atoms with van der Waals surface area (Å²) in [6.45, 7) is 1.84. The molecule has 0 saturated heterocycles. The summed E-state index contributed by atoms with van der Waals surface area (Å²) < 4.78 is 0. The second-order valence-electron chi connectivity index (χ2n) is 3.34. The van der Waals surface area contributed by atoms with Gasteiger partial charge in [0.05, 0.1) is 4.92 Å². The summed E-state index contributed by atoms with van der Waals surface area (Å²) in [5, 5.41) is 13.9. The molecule has 0 saturated carbocycles. The number of nitro groups is 1. The normalized spacial score (nSPS) is 11.9. The van der Waals surface area contributed by atoms with E-state index in [0.717, 1.165) is 0 Å². The van der Waals surface area contributed by atoms with Crippen LogP contribution in [0.25, 0.3) is 0 Å². The third-order valence-corrected chi connectivity index (χ3v) is 2.90. The van der Waals surface area contributed by atoms with Crippen LogP contribution >= 0.6 is 15.9 Å². The average molecular weight is 287 g/mol. The summed E-state index contributed by atoms with van der Waals surface area (Å²) in [6, 6.07) is 5.63. The lowest BCUT2D eigenvalue weighted by molar-refractivity contribution is -0.384. The van der Waals surface area contributed by atoms with Gasteiger partial charge >= 0.3 is 0 Å². The smallest absolute Gasteiger partial charge is 0.270 e. The largest absolute Gasteiger partial charge is 0.349 e. The number of carbonyl (C=O) groups excluding carboxylic acids is 1. The molecule has 0 bridgehead atoms. The zero-order valence-corrected chi connectivity index (χ0v) is 10.2. The second-order valence-corrected chi connectivity index (χ2v) is 3.98. The van der Waals surface area contributed by atoms with E-state index < -0.39 is 4.92 Å². The molecule has 0 aliphatic rings. The zero-order valence-electron chi connectivity index (χ0n) is 8.64. The molecule has 0 aliphatic carbocycles. The summed E-state index contributed by atoms with van der Waals surface area (Å²) in [6.07, 6.45) is 0. The van der Waals surface area contributed by atoms with Crippen molar-refractivity contribution in [1.29, 1.82) is 0 Å². The second kappa shape index (κ2) is 5.60.